The molecule has 2 aromatic rings. The standard InChI is InChI=1S/C14H16F2N4O/c1-9(14-11(15)4-3-5-12(14)16)19-10-6-18-20(7-10)8-13(21)17-2/h3-7,9,19H,8H2,1-2H3,(H,17,21). The summed E-state index contributed by atoms with van der Waals surface area (Å²) in [6.45, 7) is 1.73. The molecule has 1 unspecified atom stereocenters. The van der Waals surface area contributed by atoms with Gasteiger partial charge < -0.3 is 10.6 Å². The van der Waals surface area contributed by atoms with Crippen LogP contribution in [0.2, 0.25) is 0 Å². The van der Waals surface area contributed by atoms with Crippen LogP contribution in [0.1, 0.15) is 18.5 Å². The number of hydrogen-bond acceptors (Lipinski definition) is 3. The second-order valence-electron chi connectivity index (χ2n) is 4.60. The summed E-state index contributed by atoms with van der Waals surface area (Å²) in [6, 6.07) is 3.18. The molecule has 1 heterocycles. The maximum atomic E-state index is 13.7. The van der Waals surface area contributed by atoms with E-state index in [1.54, 1.807) is 13.1 Å². The van der Waals surface area contributed by atoms with E-state index < -0.39 is 17.7 Å². The number of hydrogen-bond donors (Lipinski definition) is 2. The third-order valence-corrected chi connectivity index (χ3v) is 3.03. The van der Waals surface area contributed by atoms with Crippen LogP contribution in [0.25, 0.3) is 0 Å². The number of benzene rings is 1. The quantitative estimate of drug-likeness (QED) is 0.887. The molecule has 1 amide bonds. The van der Waals surface area contributed by atoms with Gasteiger partial charge >= 0.3 is 0 Å². The topological polar surface area (TPSA) is 59.0 Å². The molecular formula is C14H16F2N4O. The lowest BCUT2D eigenvalue weighted by Gasteiger charge is -2.15. The van der Waals surface area contributed by atoms with Gasteiger partial charge in [-0.15, -0.1) is 0 Å². The highest BCUT2D eigenvalue weighted by Gasteiger charge is 2.16. The molecule has 0 saturated carbocycles. The molecule has 0 aliphatic rings. The molecular weight excluding hydrogens is 278 g/mol. The Hall–Kier alpha value is -2.44. The van der Waals surface area contributed by atoms with Gasteiger partial charge in [0.2, 0.25) is 5.91 Å². The van der Waals surface area contributed by atoms with Crippen LogP contribution in [0.3, 0.4) is 0 Å². The minimum absolute atomic E-state index is 0.0310. The number of aromatic nitrogens is 2. The average molecular weight is 294 g/mol. The summed E-state index contributed by atoms with van der Waals surface area (Å²) < 4.78 is 28.8. The highest BCUT2D eigenvalue weighted by Crippen LogP contribution is 2.23. The van der Waals surface area contributed by atoms with Crippen molar-refractivity contribution in [3.63, 3.8) is 0 Å². The lowest BCUT2D eigenvalue weighted by Crippen LogP contribution is -2.23. The van der Waals surface area contributed by atoms with Gasteiger partial charge in [0.25, 0.3) is 0 Å². The number of likely N-dealkylation sites (N-methyl/N-ethyl adjacent to an activating group) is 1. The lowest BCUT2D eigenvalue weighted by atomic mass is 10.1. The number of rotatable bonds is 5. The summed E-state index contributed by atoms with van der Waals surface area (Å²) in [5.74, 6) is -1.39. The first kappa shape index (κ1) is 15.0. The van der Waals surface area contributed by atoms with E-state index in [1.165, 1.54) is 36.1 Å². The van der Waals surface area contributed by atoms with Crippen LogP contribution in [0.15, 0.2) is 30.6 Å². The first-order chi connectivity index (χ1) is 10.0. The molecule has 1 atom stereocenters. The van der Waals surface area contributed by atoms with Crippen molar-refractivity contribution >= 4 is 11.6 Å². The number of anilines is 1. The van der Waals surface area contributed by atoms with Gasteiger partial charge in [0.05, 0.1) is 17.9 Å². The molecule has 0 spiro atoms. The number of amides is 1. The number of carbonyl (C=O) groups is 1. The van der Waals surface area contributed by atoms with Crippen LogP contribution >= 0.6 is 0 Å². The summed E-state index contributed by atoms with van der Waals surface area (Å²) >= 11 is 0. The Morgan fingerprint density at radius 2 is 2.05 bits per heavy atom. The van der Waals surface area contributed by atoms with Crippen molar-refractivity contribution in [2.24, 2.45) is 0 Å². The molecule has 5 nitrogen and oxygen atoms in total. The molecule has 2 rings (SSSR count). The van der Waals surface area contributed by atoms with Crippen molar-refractivity contribution in [3.8, 4) is 0 Å². The number of nitrogens with one attached hydrogen (secondary N) is 2. The van der Waals surface area contributed by atoms with Gasteiger partial charge in [-0.05, 0) is 19.1 Å². The minimum Gasteiger partial charge on any atom is -0.376 e. The Labute approximate surface area is 121 Å². The monoisotopic (exact) mass is 294 g/mol. The number of carbonyl (C=O) groups excluding carboxylic acids is 1. The molecule has 0 saturated heterocycles. The third-order valence-electron chi connectivity index (χ3n) is 3.03. The predicted octanol–water partition coefficient (Wildman–Crippen LogP) is 2.08. The van der Waals surface area contributed by atoms with E-state index >= 15 is 0 Å². The zero-order valence-corrected chi connectivity index (χ0v) is 11.7. The maximum Gasteiger partial charge on any atom is 0.241 e. The van der Waals surface area contributed by atoms with Crippen LogP contribution in [0.4, 0.5) is 14.5 Å². The lowest BCUT2D eigenvalue weighted by molar-refractivity contribution is -0.121. The normalized spacial score (nSPS) is 12.0. The molecule has 0 aliphatic heterocycles. The molecule has 7 heteroatoms. The van der Waals surface area contributed by atoms with Crippen molar-refractivity contribution in [1.82, 2.24) is 15.1 Å². The zero-order chi connectivity index (χ0) is 15.4. The summed E-state index contributed by atoms with van der Waals surface area (Å²) in [6.07, 6.45) is 3.10. The number of halogens is 2. The molecule has 0 bridgehead atoms. The molecule has 21 heavy (non-hydrogen) atoms. The van der Waals surface area contributed by atoms with E-state index in [4.69, 9.17) is 0 Å². The van der Waals surface area contributed by atoms with Gasteiger partial charge in [0.15, 0.2) is 0 Å². The molecule has 2 N–H and O–H groups in total. The summed E-state index contributed by atoms with van der Waals surface area (Å²) in [4.78, 5) is 11.2. The van der Waals surface area contributed by atoms with E-state index in [0.29, 0.717) is 5.69 Å². The first-order valence-corrected chi connectivity index (χ1v) is 6.44. The number of nitrogens with zero attached hydrogens (tertiary/aromatic N) is 2. The van der Waals surface area contributed by atoms with Gasteiger partial charge in [0.1, 0.15) is 18.2 Å². The summed E-state index contributed by atoms with van der Waals surface area (Å²) in [7, 11) is 1.54. The largest absolute Gasteiger partial charge is 0.376 e. The zero-order valence-electron chi connectivity index (χ0n) is 11.7. The van der Waals surface area contributed by atoms with Gasteiger partial charge in [-0.3, -0.25) is 9.48 Å². The smallest absolute Gasteiger partial charge is 0.241 e. The average Bonchev–Trinajstić information content (AvgIpc) is 2.85. The third kappa shape index (κ3) is 3.56. The Morgan fingerprint density at radius 3 is 2.67 bits per heavy atom. The second kappa shape index (κ2) is 6.34. The highest BCUT2D eigenvalue weighted by atomic mass is 19.1. The van der Waals surface area contributed by atoms with E-state index in [1.807, 2.05) is 0 Å². The van der Waals surface area contributed by atoms with E-state index in [9.17, 15) is 13.6 Å². The molecule has 0 radical (unpaired) electrons. The van der Waals surface area contributed by atoms with Gasteiger partial charge in [-0.2, -0.15) is 5.10 Å². The summed E-state index contributed by atoms with van der Waals surface area (Å²) in [5.41, 5.74) is 0.547. The van der Waals surface area contributed by atoms with Crippen molar-refractivity contribution in [3.05, 3.63) is 47.8 Å². The van der Waals surface area contributed by atoms with Gasteiger partial charge in [0, 0.05) is 18.8 Å². The molecule has 1 aromatic carbocycles. The van der Waals surface area contributed by atoms with Crippen molar-refractivity contribution in [1.29, 1.82) is 0 Å². The molecule has 1 aromatic heterocycles. The van der Waals surface area contributed by atoms with Gasteiger partial charge in [-0.1, -0.05) is 6.07 Å². The fourth-order valence-electron chi connectivity index (χ4n) is 2.00. The second-order valence-corrected chi connectivity index (χ2v) is 4.60. The van der Waals surface area contributed by atoms with Crippen LogP contribution in [-0.2, 0) is 11.3 Å². The fraction of sp³-hybridized carbons (Fsp3) is 0.286. The van der Waals surface area contributed by atoms with Crippen molar-refractivity contribution < 1.29 is 13.6 Å². The van der Waals surface area contributed by atoms with E-state index in [0.717, 1.165) is 0 Å². The minimum atomic E-state index is -0.604. The first-order valence-electron chi connectivity index (χ1n) is 6.44. The van der Waals surface area contributed by atoms with Crippen LogP contribution in [0, 0.1) is 11.6 Å². The van der Waals surface area contributed by atoms with Crippen LogP contribution < -0.4 is 10.6 Å². The molecule has 112 valence electrons. The van der Waals surface area contributed by atoms with Crippen LogP contribution in [-0.4, -0.2) is 22.7 Å². The van der Waals surface area contributed by atoms with Crippen molar-refractivity contribution in [2.45, 2.75) is 19.5 Å². The SMILES string of the molecule is CNC(=O)Cn1cc(NC(C)c2c(F)cccc2F)cn1. The summed E-state index contributed by atoms with van der Waals surface area (Å²) in [5, 5.41) is 9.44. The Kier molecular flexibility index (Phi) is 4.52. The Morgan fingerprint density at radius 1 is 1.38 bits per heavy atom. The highest BCUT2D eigenvalue weighted by molar-refractivity contribution is 5.75. The van der Waals surface area contributed by atoms with Gasteiger partial charge in [-0.25, -0.2) is 8.78 Å². The fourth-order valence-corrected chi connectivity index (χ4v) is 2.00. The van der Waals surface area contributed by atoms with Crippen LogP contribution in [0.5, 0.6) is 0 Å². The van der Waals surface area contributed by atoms with Crippen molar-refractivity contribution in [2.75, 3.05) is 12.4 Å². The molecule has 0 aliphatic carbocycles. The Balaban J connectivity index is 2.09. The maximum absolute atomic E-state index is 13.7. The van der Waals surface area contributed by atoms with E-state index in [-0.39, 0.29) is 18.0 Å². The predicted molar refractivity (Wildman–Crippen MR) is 74.7 cm³/mol. The molecule has 0 fully saturated rings. The van der Waals surface area contributed by atoms with E-state index in [2.05, 4.69) is 15.7 Å². The Bertz CT molecular complexity index is 621.